The average Bonchev–Trinajstić information content (AvgIpc) is 2.86. The van der Waals surface area contributed by atoms with Gasteiger partial charge in [-0.25, -0.2) is 4.98 Å². The fraction of sp³-hybridized carbons (Fsp3) is 0.474. The van der Waals surface area contributed by atoms with Crippen LogP contribution in [0.5, 0.6) is 5.75 Å². The van der Waals surface area contributed by atoms with Crippen LogP contribution < -0.4 is 15.0 Å². The number of hydrogen-bond donors (Lipinski definition) is 1. The predicted octanol–water partition coefficient (Wildman–Crippen LogP) is 4.31. The monoisotopic (exact) mass is 326 g/mol. The van der Waals surface area contributed by atoms with Crippen LogP contribution in [0.2, 0.25) is 0 Å². The number of anilines is 3. The first kappa shape index (κ1) is 16.6. The number of nitrogens with zero attached hydrogens (tertiary/aromatic N) is 3. The maximum Gasteiger partial charge on any atom is 0.229 e. The van der Waals surface area contributed by atoms with E-state index in [0.29, 0.717) is 12.6 Å². The highest BCUT2D eigenvalue weighted by Gasteiger charge is 2.13. The molecule has 128 valence electrons. The van der Waals surface area contributed by atoms with E-state index < -0.39 is 0 Å². The minimum atomic E-state index is 0.651. The summed E-state index contributed by atoms with van der Waals surface area (Å²) < 4.78 is 5.47. The standard InChI is InChI=1S/C19H26N4O/c1-3-24-17-10-8-16(9-11-17)21-19-20-15(2)14-18(22-19)23-12-6-4-5-7-13-23/h8-11,14H,3-7,12-13H2,1-2H3,(H,20,21,22). The lowest BCUT2D eigenvalue weighted by atomic mass is 10.2. The Bertz CT molecular complexity index is 649. The highest BCUT2D eigenvalue weighted by atomic mass is 16.5. The molecule has 2 heterocycles. The van der Waals surface area contributed by atoms with E-state index in [1.165, 1.54) is 25.7 Å². The molecule has 0 amide bonds. The zero-order valence-corrected chi connectivity index (χ0v) is 14.6. The van der Waals surface area contributed by atoms with E-state index in [9.17, 15) is 0 Å². The Hall–Kier alpha value is -2.30. The molecule has 1 aliphatic rings. The van der Waals surface area contributed by atoms with Crippen LogP contribution >= 0.6 is 0 Å². The summed E-state index contributed by atoms with van der Waals surface area (Å²) in [4.78, 5) is 11.6. The van der Waals surface area contributed by atoms with E-state index in [-0.39, 0.29) is 0 Å². The first-order valence-corrected chi connectivity index (χ1v) is 8.85. The van der Waals surface area contributed by atoms with Crippen molar-refractivity contribution in [1.29, 1.82) is 0 Å². The van der Waals surface area contributed by atoms with E-state index in [1.807, 2.05) is 38.1 Å². The second-order valence-corrected chi connectivity index (χ2v) is 6.17. The molecule has 0 atom stereocenters. The molecule has 0 unspecified atom stereocenters. The van der Waals surface area contributed by atoms with Crippen LogP contribution in [-0.4, -0.2) is 29.7 Å². The van der Waals surface area contributed by atoms with Gasteiger partial charge in [0, 0.05) is 30.5 Å². The van der Waals surface area contributed by atoms with Crippen LogP contribution in [0.3, 0.4) is 0 Å². The zero-order chi connectivity index (χ0) is 16.8. The summed E-state index contributed by atoms with van der Waals surface area (Å²) in [5.74, 6) is 2.55. The SMILES string of the molecule is CCOc1ccc(Nc2nc(C)cc(N3CCCCCC3)n2)cc1. The van der Waals surface area contributed by atoms with Crippen molar-refractivity contribution in [2.75, 3.05) is 29.9 Å². The first-order chi connectivity index (χ1) is 11.7. The minimum Gasteiger partial charge on any atom is -0.494 e. The molecule has 3 rings (SSSR count). The van der Waals surface area contributed by atoms with E-state index in [4.69, 9.17) is 9.72 Å². The number of ether oxygens (including phenoxy) is 1. The normalized spacial score (nSPS) is 15.0. The molecule has 0 radical (unpaired) electrons. The van der Waals surface area contributed by atoms with Crippen molar-refractivity contribution in [3.63, 3.8) is 0 Å². The van der Waals surface area contributed by atoms with Crippen LogP contribution in [0, 0.1) is 6.92 Å². The number of aromatic nitrogens is 2. The Balaban J connectivity index is 1.75. The smallest absolute Gasteiger partial charge is 0.229 e. The summed E-state index contributed by atoms with van der Waals surface area (Å²) in [6.45, 7) is 6.84. The van der Waals surface area contributed by atoms with Crippen LogP contribution in [0.15, 0.2) is 30.3 Å². The van der Waals surface area contributed by atoms with Gasteiger partial charge in [0.15, 0.2) is 0 Å². The summed E-state index contributed by atoms with van der Waals surface area (Å²) in [6, 6.07) is 9.97. The van der Waals surface area contributed by atoms with Gasteiger partial charge in [0.25, 0.3) is 0 Å². The summed E-state index contributed by atoms with van der Waals surface area (Å²) in [6.07, 6.45) is 5.12. The van der Waals surface area contributed by atoms with Gasteiger partial charge in [-0.1, -0.05) is 12.8 Å². The zero-order valence-electron chi connectivity index (χ0n) is 14.6. The Labute approximate surface area is 144 Å². The van der Waals surface area contributed by atoms with Crippen molar-refractivity contribution >= 4 is 17.5 Å². The molecule has 1 fully saturated rings. The molecule has 1 aliphatic heterocycles. The lowest BCUT2D eigenvalue weighted by Gasteiger charge is -2.22. The Morgan fingerprint density at radius 3 is 2.42 bits per heavy atom. The second kappa shape index (κ2) is 7.99. The molecule has 5 heteroatoms. The lowest BCUT2D eigenvalue weighted by Crippen LogP contribution is -2.25. The average molecular weight is 326 g/mol. The topological polar surface area (TPSA) is 50.3 Å². The fourth-order valence-electron chi connectivity index (χ4n) is 3.00. The molecule has 1 aromatic heterocycles. The van der Waals surface area contributed by atoms with Crippen molar-refractivity contribution in [3.8, 4) is 5.75 Å². The van der Waals surface area contributed by atoms with Crippen LogP contribution in [-0.2, 0) is 0 Å². The third kappa shape index (κ3) is 4.37. The second-order valence-electron chi connectivity index (χ2n) is 6.17. The van der Waals surface area contributed by atoms with Gasteiger partial charge in [0.1, 0.15) is 11.6 Å². The van der Waals surface area contributed by atoms with Gasteiger partial charge in [-0.05, 0) is 51.0 Å². The van der Waals surface area contributed by atoms with Gasteiger partial charge in [-0.15, -0.1) is 0 Å². The van der Waals surface area contributed by atoms with Crippen LogP contribution in [0.1, 0.15) is 38.3 Å². The third-order valence-electron chi connectivity index (χ3n) is 4.19. The highest BCUT2D eigenvalue weighted by Crippen LogP contribution is 2.22. The van der Waals surface area contributed by atoms with Crippen LogP contribution in [0.25, 0.3) is 0 Å². The predicted molar refractivity (Wildman–Crippen MR) is 98.3 cm³/mol. The minimum absolute atomic E-state index is 0.651. The number of nitrogens with one attached hydrogen (secondary N) is 1. The molecule has 5 nitrogen and oxygen atoms in total. The highest BCUT2D eigenvalue weighted by molar-refractivity contribution is 5.56. The van der Waals surface area contributed by atoms with Crippen molar-refractivity contribution < 1.29 is 4.74 Å². The molecule has 24 heavy (non-hydrogen) atoms. The molecule has 1 saturated heterocycles. The molecule has 0 spiro atoms. The van der Waals surface area contributed by atoms with E-state index in [0.717, 1.165) is 36.0 Å². The summed E-state index contributed by atoms with van der Waals surface area (Å²) >= 11 is 0. The van der Waals surface area contributed by atoms with E-state index in [1.54, 1.807) is 0 Å². The van der Waals surface area contributed by atoms with Gasteiger partial charge < -0.3 is 15.0 Å². The summed E-state index contributed by atoms with van der Waals surface area (Å²) in [5, 5.41) is 3.30. The lowest BCUT2D eigenvalue weighted by molar-refractivity contribution is 0.340. The van der Waals surface area contributed by atoms with Gasteiger partial charge >= 0.3 is 0 Å². The van der Waals surface area contributed by atoms with E-state index in [2.05, 4.69) is 21.3 Å². The third-order valence-corrected chi connectivity index (χ3v) is 4.19. The number of rotatable bonds is 5. The number of benzene rings is 1. The molecule has 0 bridgehead atoms. The molecule has 1 N–H and O–H groups in total. The van der Waals surface area contributed by atoms with Gasteiger partial charge in [0.05, 0.1) is 6.61 Å². The summed E-state index contributed by atoms with van der Waals surface area (Å²) in [7, 11) is 0. The van der Waals surface area contributed by atoms with Crippen LogP contribution in [0.4, 0.5) is 17.5 Å². The number of hydrogen-bond acceptors (Lipinski definition) is 5. The maximum absolute atomic E-state index is 5.47. The molecule has 2 aromatic rings. The van der Waals surface area contributed by atoms with Crippen molar-refractivity contribution in [1.82, 2.24) is 9.97 Å². The molecule has 1 aromatic carbocycles. The van der Waals surface area contributed by atoms with Gasteiger partial charge in [0.2, 0.25) is 5.95 Å². The van der Waals surface area contributed by atoms with E-state index >= 15 is 0 Å². The molecule has 0 saturated carbocycles. The maximum atomic E-state index is 5.47. The van der Waals surface area contributed by atoms with Crippen molar-refractivity contribution in [2.45, 2.75) is 39.5 Å². The number of aryl methyl sites for hydroxylation is 1. The molecule has 0 aliphatic carbocycles. The van der Waals surface area contributed by atoms with Gasteiger partial charge in [-0.3, -0.25) is 0 Å². The van der Waals surface area contributed by atoms with Crippen molar-refractivity contribution in [3.05, 3.63) is 36.0 Å². The Morgan fingerprint density at radius 1 is 1.04 bits per heavy atom. The summed E-state index contributed by atoms with van der Waals surface area (Å²) in [5.41, 5.74) is 1.95. The molecular formula is C19H26N4O. The largest absolute Gasteiger partial charge is 0.494 e. The quantitative estimate of drug-likeness (QED) is 0.887. The van der Waals surface area contributed by atoms with Gasteiger partial charge in [-0.2, -0.15) is 4.98 Å². The Kier molecular flexibility index (Phi) is 5.51. The fourth-order valence-corrected chi connectivity index (χ4v) is 3.00. The van der Waals surface area contributed by atoms with Crippen molar-refractivity contribution in [2.24, 2.45) is 0 Å². The first-order valence-electron chi connectivity index (χ1n) is 8.85. The Morgan fingerprint density at radius 2 is 1.75 bits per heavy atom. The molecular weight excluding hydrogens is 300 g/mol.